The van der Waals surface area contributed by atoms with Crippen LogP contribution in [-0.2, 0) is 16.4 Å². The molecule has 150 valence electrons. The van der Waals surface area contributed by atoms with Crippen LogP contribution in [0.15, 0.2) is 30.3 Å². The van der Waals surface area contributed by atoms with E-state index in [9.17, 15) is 22.0 Å². The molecular weight excluding hydrogens is 410 g/mol. The highest BCUT2D eigenvalue weighted by atomic mass is 35.5. The summed E-state index contributed by atoms with van der Waals surface area (Å²) < 4.78 is 54.4. The van der Waals surface area contributed by atoms with E-state index in [0.29, 0.717) is 30.5 Å². The molecule has 28 heavy (non-hydrogen) atoms. The first-order chi connectivity index (χ1) is 13.2. The molecule has 0 aromatic heterocycles. The van der Waals surface area contributed by atoms with Crippen molar-refractivity contribution in [3.05, 3.63) is 63.7 Å². The van der Waals surface area contributed by atoms with E-state index in [-0.39, 0.29) is 21.9 Å². The topological polar surface area (TPSA) is 75.3 Å². The highest BCUT2D eigenvalue weighted by Crippen LogP contribution is 2.36. The van der Waals surface area contributed by atoms with Crippen LogP contribution in [0.2, 0.25) is 5.02 Å². The quantitative estimate of drug-likeness (QED) is 0.724. The van der Waals surface area contributed by atoms with Gasteiger partial charge >= 0.3 is 0 Å². The first-order valence-corrected chi connectivity index (χ1v) is 10.8. The first kappa shape index (κ1) is 20.7. The Morgan fingerprint density at radius 3 is 2.61 bits per heavy atom. The van der Waals surface area contributed by atoms with Crippen LogP contribution in [-0.4, -0.2) is 20.1 Å². The maximum absolute atomic E-state index is 14.4. The average molecular weight is 429 g/mol. The highest BCUT2D eigenvalue weighted by Gasteiger charge is 2.32. The van der Waals surface area contributed by atoms with Gasteiger partial charge in [0.1, 0.15) is 11.6 Å². The normalized spacial score (nSPS) is 16.1. The monoisotopic (exact) mass is 428 g/mol. The minimum Gasteiger partial charge on any atom is -0.322 e. The van der Waals surface area contributed by atoms with Crippen LogP contribution in [0, 0.1) is 11.6 Å². The number of carbonyl (C=O) groups is 1. The Bertz CT molecular complexity index is 1030. The van der Waals surface area contributed by atoms with E-state index >= 15 is 0 Å². The molecule has 0 heterocycles. The molecule has 0 bridgehead atoms. The second-order valence-corrected chi connectivity index (χ2v) is 8.88. The van der Waals surface area contributed by atoms with E-state index in [2.05, 4.69) is 10.0 Å². The first-order valence-electron chi connectivity index (χ1n) is 8.79. The summed E-state index contributed by atoms with van der Waals surface area (Å²) in [6.07, 6.45) is 1.17. The number of rotatable bonds is 6. The third kappa shape index (κ3) is 4.34. The van der Waals surface area contributed by atoms with Crippen LogP contribution in [0.5, 0.6) is 0 Å². The molecule has 2 aromatic rings. The zero-order chi connectivity index (χ0) is 20.5. The van der Waals surface area contributed by atoms with Gasteiger partial charge in [-0.2, -0.15) is 0 Å². The highest BCUT2D eigenvalue weighted by molar-refractivity contribution is 7.89. The molecule has 1 amide bonds. The Morgan fingerprint density at radius 2 is 1.93 bits per heavy atom. The fourth-order valence-electron chi connectivity index (χ4n) is 3.36. The van der Waals surface area contributed by atoms with Crippen molar-refractivity contribution in [1.29, 1.82) is 0 Å². The maximum Gasteiger partial charge on any atom is 0.255 e. The van der Waals surface area contributed by atoms with Crippen LogP contribution in [0.25, 0.3) is 0 Å². The van der Waals surface area contributed by atoms with Crippen LogP contribution in [0.3, 0.4) is 0 Å². The molecule has 1 atom stereocenters. The predicted octanol–water partition coefficient (Wildman–Crippen LogP) is 4.19. The zero-order valence-corrected chi connectivity index (χ0v) is 16.6. The summed E-state index contributed by atoms with van der Waals surface area (Å²) in [6.45, 7) is 1.74. The van der Waals surface area contributed by atoms with Gasteiger partial charge in [0.25, 0.3) is 5.91 Å². The van der Waals surface area contributed by atoms with Gasteiger partial charge in [0.2, 0.25) is 10.0 Å². The second-order valence-electron chi connectivity index (χ2n) is 6.60. The summed E-state index contributed by atoms with van der Waals surface area (Å²) in [4.78, 5) is 12.7. The van der Waals surface area contributed by atoms with Crippen molar-refractivity contribution < 1.29 is 22.0 Å². The Balaban J connectivity index is 1.88. The largest absolute Gasteiger partial charge is 0.322 e. The third-order valence-electron chi connectivity index (χ3n) is 4.55. The maximum atomic E-state index is 14.4. The van der Waals surface area contributed by atoms with Crippen molar-refractivity contribution >= 4 is 33.2 Å². The van der Waals surface area contributed by atoms with Crippen molar-refractivity contribution in [3.63, 3.8) is 0 Å². The zero-order valence-electron chi connectivity index (χ0n) is 15.1. The predicted molar refractivity (Wildman–Crippen MR) is 104 cm³/mol. The number of amides is 1. The van der Waals surface area contributed by atoms with Gasteiger partial charge < -0.3 is 5.32 Å². The summed E-state index contributed by atoms with van der Waals surface area (Å²) in [7, 11) is -3.53. The molecule has 0 aliphatic heterocycles. The van der Waals surface area contributed by atoms with E-state index < -0.39 is 33.6 Å². The summed E-state index contributed by atoms with van der Waals surface area (Å²) >= 11 is 5.72. The molecule has 0 saturated carbocycles. The van der Waals surface area contributed by atoms with Crippen molar-refractivity contribution in [2.24, 2.45) is 0 Å². The van der Waals surface area contributed by atoms with E-state index in [1.54, 1.807) is 6.92 Å². The Morgan fingerprint density at radius 1 is 1.21 bits per heavy atom. The SMILES string of the molecule is CCCS(=O)(=O)NC1CCc2c(C(=O)Nc3ccc(F)c(Cl)c3)ccc(F)c21. The standard InChI is InChI=1S/C19H19ClF2N2O3S/c1-2-9-28(26,27)24-17-8-5-12-13(4-7-16(22)18(12)17)19(25)23-11-3-6-15(21)14(20)10-11/h3-4,6-7,10,17,24H,2,5,8-9H2,1H3,(H,23,25). The van der Waals surface area contributed by atoms with Gasteiger partial charge in [-0.25, -0.2) is 21.9 Å². The molecule has 1 aliphatic rings. The number of hydrogen-bond acceptors (Lipinski definition) is 3. The van der Waals surface area contributed by atoms with Crippen molar-refractivity contribution in [2.45, 2.75) is 32.2 Å². The molecule has 0 fully saturated rings. The van der Waals surface area contributed by atoms with Gasteiger partial charge in [-0.05, 0) is 55.2 Å². The molecule has 2 aromatic carbocycles. The minimum absolute atomic E-state index is 0.0496. The molecular formula is C19H19ClF2N2O3S. The van der Waals surface area contributed by atoms with Crippen LogP contribution in [0.1, 0.15) is 47.3 Å². The average Bonchev–Trinajstić information content (AvgIpc) is 3.02. The number of hydrogen-bond donors (Lipinski definition) is 2. The van der Waals surface area contributed by atoms with Crippen molar-refractivity contribution in [2.75, 3.05) is 11.1 Å². The Labute approximate surface area is 167 Å². The second kappa shape index (κ2) is 8.14. The number of anilines is 1. The van der Waals surface area contributed by atoms with Gasteiger partial charge in [-0.3, -0.25) is 4.79 Å². The van der Waals surface area contributed by atoms with E-state index in [4.69, 9.17) is 11.6 Å². The summed E-state index contributed by atoms with van der Waals surface area (Å²) in [5, 5.41) is 2.48. The summed E-state index contributed by atoms with van der Waals surface area (Å²) in [5.41, 5.74) is 1.21. The molecule has 0 spiro atoms. The van der Waals surface area contributed by atoms with Crippen LogP contribution < -0.4 is 10.0 Å². The smallest absolute Gasteiger partial charge is 0.255 e. The number of benzene rings is 2. The van der Waals surface area contributed by atoms with E-state index in [1.807, 2.05) is 0 Å². The van der Waals surface area contributed by atoms with Crippen molar-refractivity contribution in [3.8, 4) is 0 Å². The van der Waals surface area contributed by atoms with Crippen LogP contribution >= 0.6 is 11.6 Å². The molecule has 0 saturated heterocycles. The van der Waals surface area contributed by atoms with Crippen molar-refractivity contribution in [1.82, 2.24) is 4.72 Å². The van der Waals surface area contributed by atoms with Crippen LogP contribution in [0.4, 0.5) is 14.5 Å². The molecule has 1 unspecified atom stereocenters. The number of sulfonamides is 1. The third-order valence-corrected chi connectivity index (χ3v) is 6.43. The molecule has 9 heteroatoms. The Kier molecular flexibility index (Phi) is 6.02. The minimum atomic E-state index is -3.53. The molecule has 3 rings (SSSR count). The lowest BCUT2D eigenvalue weighted by molar-refractivity contribution is 0.102. The fourth-order valence-corrected chi connectivity index (χ4v) is 4.87. The number of carbonyl (C=O) groups excluding carboxylic acids is 1. The fraction of sp³-hybridized carbons (Fsp3) is 0.316. The lowest BCUT2D eigenvalue weighted by Gasteiger charge is -2.16. The van der Waals surface area contributed by atoms with E-state index in [1.165, 1.54) is 18.2 Å². The molecule has 2 N–H and O–H groups in total. The molecule has 5 nitrogen and oxygen atoms in total. The summed E-state index contributed by atoms with van der Waals surface area (Å²) in [5.74, 6) is -1.72. The van der Waals surface area contributed by atoms with Gasteiger partial charge in [0.05, 0.1) is 16.8 Å². The van der Waals surface area contributed by atoms with Gasteiger partial charge in [-0.1, -0.05) is 18.5 Å². The Hall–Kier alpha value is -2.03. The number of fused-ring (bicyclic) bond motifs is 1. The summed E-state index contributed by atoms with van der Waals surface area (Å²) in [6, 6.07) is 5.57. The molecule has 0 radical (unpaired) electrons. The lowest BCUT2D eigenvalue weighted by Crippen LogP contribution is -2.30. The van der Waals surface area contributed by atoms with E-state index in [0.717, 1.165) is 12.1 Å². The van der Waals surface area contributed by atoms with Gasteiger partial charge in [0, 0.05) is 16.8 Å². The van der Waals surface area contributed by atoms with Gasteiger partial charge in [0.15, 0.2) is 0 Å². The van der Waals surface area contributed by atoms with Gasteiger partial charge in [-0.15, -0.1) is 0 Å². The molecule has 1 aliphatic carbocycles. The number of nitrogens with one attached hydrogen (secondary N) is 2. The number of halogens is 3. The lowest BCUT2D eigenvalue weighted by atomic mass is 10.0.